The smallest absolute Gasteiger partial charge is 0.380 e. The Balaban J connectivity index is 2.24. The van der Waals surface area contributed by atoms with Gasteiger partial charge in [-0.15, -0.1) is 0 Å². The highest BCUT2D eigenvalue weighted by Gasteiger charge is 2.33. The lowest BCUT2D eigenvalue weighted by molar-refractivity contribution is -0.137. The second-order valence-corrected chi connectivity index (χ2v) is 5.78. The Bertz CT molecular complexity index is 578. The summed E-state index contributed by atoms with van der Waals surface area (Å²) < 4.78 is 39.2. The van der Waals surface area contributed by atoms with Crippen LogP contribution in [0.2, 0.25) is 0 Å². The molecule has 0 spiro atoms. The molecule has 2 rings (SSSR count). The molecule has 0 atom stereocenters. The summed E-state index contributed by atoms with van der Waals surface area (Å²) in [7, 11) is 0. The zero-order chi connectivity index (χ0) is 14.0. The standard InChI is InChI=1S/C13H11BrF3NS/c1-8-6-19-7-9(8)5-18-12-4-10(14)2-3-11(12)13(15,16)17/h2-4,6-7,18H,5H2,1H3. The van der Waals surface area contributed by atoms with Crippen LogP contribution >= 0.6 is 27.3 Å². The zero-order valence-corrected chi connectivity index (χ0v) is 12.4. The van der Waals surface area contributed by atoms with Crippen molar-refractivity contribution in [3.8, 4) is 0 Å². The lowest BCUT2D eigenvalue weighted by Gasteiger charge is -2.15. The minimum Gasteiger partial charge on any atom is -0.380 e. The van der Waals surface area contributed by atoms with Crippen molar-refractivity contribution in [1.29, 1.82) is 0 Å². The van der Waals surface area contributed by atoms with E-state index < -0.39 is 11.7 Å². The molecule has 0 amide bonds. The number of benzene rings is 1. The molecule has 0 saturated heterocycles. The van der Waals surface area contributed by atoms with E-state index in [0.717, 1.165) is 17.2 Å². The van der Waals surface area contributed by atoms with E-state index in [4.69, 9.17) is 0 Å². The van der Waals surface area contributed by atoms with Gasteiger partial charge < -0.3 is 5.32 Å². The van der Waals surface area contributed by atoms with Crippen LogP contribution in [-0.4, -0.2) is 0 Å². The van der Waals surface area contributed by atoms with Crippen LogP contribution in [0.1, 0.15) is 16.7 Å². The molecule has 0 fully saturated rings. The molecule has 1 aromatic carbocycles. The first-order valence-electron chi connectivity index (χ1n) is 5.50. The molecule has 6 heteroatoms. The first-order valence-corrected chi connectivity index (χ1v) is 7.24. The van der Waals surface area contributed by atoms with E-state index in [1.807, 2.05) is 17.7 Å². The van der Waals surface area contributed by atoms with Gasteiger partial charge in [0.2, 0.25) is 0 Å². The third-order valence-electron chi connectivity index (χ3n) is 2.72. The fourth-order valence-corrected chi connectivity index (χ4v) is 2.89. The van der Waals surface area contributed by atoms with Crippen molar-refractivity contribution in [3.05, 3.63) is 50.1 Å². The normalized spacial score (nSPS) is 11.6. The summed E-state index contributed by atoms with van der Waals surface area (Å²) >= 11 is 4.73. The summed E-state index contributed by atoms with van der Waals surface area (Å²) in [6, 6.07) is 3.92. The molecule has 0 aliphatic carbocycles. The quantitative estimate of drug-likeness (QED) is 0.776. The van der Waals surface area contributed by atoms with Gasteiger partial charge in [0.05, 0.1) is 5.56 Å². The summed E-state index contributed by atoms with van der Waals surface area (Å²) in [5, 5.41) is 6.77. The van der Waals surface area contributed by atoms with Crippen molar-refractivity contribution in [3.63, 3.8) is 0 Å². The molecule has 0 unspecified atom stereocenters. The lowest BCUT2D eigenvalue weighted by Crippen LogP contribution is -2.10. The van der Waals surface area contributed by atoms with E-state index in [2.05, 4.69) is 21.2 Å². The Morgan fingerprint density at radius 1 is 1.26 bits per heavy atom. The van der Waals surface area contributed by atoms with E-state index >= 15 is 0 Å². The van der Waals surface area contributed by atoms with E-state index in [1.54, 1.807) is 11.3 Å². The van der Waals surface area contributed by atoms with Gasteiger partial charge >= 0.3 is 6.18 Å². The zero-order valence-electron chi connectivity index (χ0n) is 10.0. The highest BCUT2D eigenvalue weighted by Crippen LogP contribution is 2.36. The summed E-state index contributed by atoms with van der Waals surface area (Å²) in [6.07, 6.45) is -4.35. The van der Waals surface area contributed by atoms with Crippen molar-refractivity contribution in [2.24, 2.45) is 0 Å². The maximum absolute atomic E-state index is 12.9. The van der Waals surface area contributed by atoms with Crippen LogP contribution < -0.4 is 5.32 Å². The number of hydrogen-bond donors (Lipinski definition) is 1. The molecular formula is C13H11BrF3NS. The highest BCUT2D eigenvalue weighted by molar-refractivity contribution is 9.10. The number of nitrogens with one attached hydrogen (secondary N) is 1. The first kappa shape index (κ1) is 14.4. The Morgan fingerprint density at radius 2 is 2.00 bits per heavy atom. The lowest BCUT2D eigenvalue weighted by atomic mass is 10.1. The minimum atomic E-state index is -4.35. The molecule has 0 aliphatic rings. The van der Waals surface area contributed by atoms with Gasteiger partial charge in [-0.25, -0.2) is 0 Å². The molecule has 0 aliphatic heterocycles. The predicted molar refractivity (Wildman–Crippen MR) is 75.5 cm³/mol. The van der Waals surface area contributed by atoms with Crippen molar-refractivity contribution in [2.75, 3.05) is 5.32 Å². The monoisotopic (exact) mass is 349 g/mol. The van der Waals surface area contributed by atoms with Crippen molar-refractivity contribution >= 4 is 33.0 Å². The van der Waals surface area contributed by atoms with Gasteiger partial charge in [-0.1, -0.05) is 15.9 Å². The number of rotatable bonds is 3. The average molecular weight is 350 g/mol. The van der Waals surface area contributed by atoms with Crippen molar-refractivity contribution in [2.45, 2.75) is 19.6 Å². The van der Waals surface area contributed by atoms with Crippen molar-refractivity contribution < 1.29 is 13.2 Å². The summed E-state index contributed by atoms with van der Waals surface area (Å²) in [6.45, 7) is 2.33. The van der Waals surface area contributed by atoms with Crippen LogP contribution in [-0.2, 0) is 12.7 Å². The van der Waals surface area contributed by atoms with Crippen molar-refractivity contribution in [1.82, 2.24) is 0 Å². The third kappa shape index (κ3) is 3.51. The summed E-state index contributed by atoms with van der Waals surface area (Å²) in [5.41, 5.74) is 1.54. The van der Waals surface area contributed by atoms with E-state index in [0.29, 0.717) is 11.0 Å². The largest absolute Gasteiger partial charge is 0.418 e. The van der Waals surface area contributed by atoms with Gasteiger partial charge in [0.25, 0.3) is 0 Å². The second-order valence-electron chi connectivity index (χ2n) is 4.12. The van der Waals surface area contributed by atoms with Gasteiger partial charge in [0.15, 0.2) is 0 Å². The fourth-order valence-electron chi connectivity index (χ4n) is 1.67. The Kier molecular flexibility index (Phi) is 4.20. The van der Waals surface area contributed by atoms with Gasteiger partial charge in [0, 0.05) is 16.7 Å². The van der Waals surface area contributed by atoms with Gasteiger partial charge in [-0.05, 0) is 47.0 Å². The number of aryl methyl sites for hydroxylation is 1. The molecule has 1 N–H and O–H groups in total. The van der Waals surface area contributed by atoms with Crippen LogP contribution in [0.3, 0.4) is 0 Å². The highest BCUT2D eigenvalue weighted by atomic mass is 79.9. The summed E-state index contributed by atoms with van der Waals surface area (Å²) in [5.74, 6) is 0. The molecule has 1 aromatic heterocycles. The predicted octanol–water partition coefficient (Wildman–Crippen LogP) is 5.45. The molecule has 2 aromatic rings. The topological polar surface area (TPSA) is 12.0 Å². The molecule has 0 saturated carbocycles. The van der Waals surface area contributed by atoms with Gasteiger partial charge in [0.1, 0.15) is 0 Å². The minimum absolute atomic E-state index is 0.0903. The number of alkyl halides is 3. The van der Waals surface area contributed by atoms with Crippen LogP contribution in [0.4, 0.5) is 18.9 Å². The molecule has 0 radical (unpaired) electrons. The fraction of sp³-hybridized carbons (Fsp3) is 0.231. The number of thiophene rings is 1. The number of anilines is 1. The maximum Gasteiger partial charge on any atom is 0.418 e. The molecule has 102 valence electrons. The average Bonchev–Trinajstić information content (AvgIpc) is 2.70. The molecule has 19 heavy (non-hydrogen) atoms. The molecular weight excluding hydrogens is 339 g/mol. The SMILES string of the molecule is Cc1cscc1CNc1cc(Br)ccc1C(F)(F)F. The van der Waals surface area contributed by atoms with Gasteiger partial charge in [-0.3, -0.25) is 0 Å². The maximum atomic E-state index is 12.9. The summed E-state index contributed by atoms with van der Waals surface area (Å²) in [4.78, 5) is 0. The number of halogens is 4. The van der Waals surface area contributed by atoms with Gasteiger partial charge in [-0.2, -0.15) is 24.5 Å². The molecule has 1 heterocycles. The third-order valence-corrected chi connectivity index (χ3v) is 4.12. The second kappa shape index (κ2) is 5.54. The van der Waals surface area contributed by atoms with Crippen LogP contribution in [0.5, 0.6) is 0 Å². The Labute approximate surface area is 121 Å². The van der Waals surface area contributed by atoms with E-state index in [9.17, 15) is 13.2 Å². The van der Waals surface area contributed by atoms with Crippen LogP contribution in [0.15, 0.2) is 33.4 Å². The number of hydrogen-bond acceptors (Lipinski definition) is 2. The molecule has 1 nitrogen and oxygen atoms in total. The Hall–Kier alpha value is -1.01. The van der Waals surface area contributed by atoms with E-state index in [-0.39, 0.29) is 5.69 Å². The molecule has 0 bridgehead atoms. The van der Waals surface area contributed by atoms with Crippen LogP contribution in [0.25, 0.3) is 0 Å². The Morgan fingerprint density at radius 3 is 2.58 bits per heavy atom. The van der Waals surface area contributed by atoms with Crippen LogP contribution in [0, 0.1) is 6.92 Å². The first-order chi connectivity index (χ1) is 8.88. The van der Waals surface area contributed by atoms with E-state index in [1.165, 1.54) is 12.1 Å².